The third-order valence-corrected chi connectivity index (χ3v) is 9.10. The Hall–Kier alpha value is -1.79. The van der Waals surface area contributed by atoms with Crippen molar-refractivity contribution < 1.29 is 4.43 Å². The molecule has 0 fully saturated rings. The van der Waals surface area contributed by atoms with Crippen LogP contribution < -0.4 is 0 Å². The first-order chi connectivity index (χ1) is 10.7. The fraction of sp³-hybridized carbons (Fsp3) is 0.450. The van der Waals surface area contributed by atoms with Crippen LogP contribution in [0, 0.1) is 11.3 Å². The van der Waals surface area contributed by atoms with Crippen LogP contribution in [0.4, 0.5) is 0 Å². The van der Waals surface area contributed by atoms with E-state index in [-0.39, 0.29) is 5.04 Å². The molecule has 0 radical (unpaired) electrons. The Kier molecular flexibility index (Phi) is 6.41. The molecular weight excluding hydrogens is 298 g/mol. The van der Waals surface area contributed by atoms with Gasteiger partial charge in [-0.25, -0.2) is 0 Å². The van der Waals surface area contributed by atoms with Gasteiger partial charge in [-0.15, -0.1) is 6.58 Å². The average molecular weight is 328 g/mol. The van der Waals surface area contributed by atoms with Gasteiger partial charge < -0.3 is 4.43 Å². The molecule has 1 atom stereocenters. The molecule has 3 heteroatoms. The van der Waals surface area contributed by atoms with E-state index in [1.807, 2.05) is 42.5 Å². The normalized spacial score (nSPS) is 15.0. The lowest BCUT2D eigenvalue weighted by atomic mass is 9.76. The monoisotopic (exact) mass is 327 g/mol. The van der Waals surface area contributed by atoms with Gasteiger partial charge in [-0.05, 0) is 42.6 Å². The van der Waals surface area contributed by atoms with Gasteiger partial charge in [-0.2, -0.15) is 5.26 Å². The molecule has 0 bridgehead atoms. The smallest absolute Gasteiger partial charge is 0.249 e. The van der Waals surface area contributed by atoms with Crippen LogP contribution in [0.3, 0.4) is 0 Å². The van der Waals surface area contributed by atoms with Crippen molar-refractivity contribution in [1.82, 2.24) is 0 Å². The minimum absolute atomic E-state index is 0.171. The number of allylic oxidation sites excluding steroid dienone is 2. The van der Waals surface area contributed by atoms with E-state index in [9.17, 15) is 5.26 Å². The second kappa shape index (κ2) is 7.65. The van der Waals surface area contributed by atoms with E-state index in [1.165, 1.54) is 0 Å². The molecule has 0 spiro atoms. The van der Waals surface area contributed by atoms with Gasteiger partial charge in [0.1, 0.15) is 0 Å². The maximum absolute atomic E-state index is 9.79. The largest absolute Gasteiger partial charge is 0.549 e. The van der Waals surface area contributed by atoms with Crippen molar-refractivity contribution in [3.63, 3.8) is 0 Å². The summed E-state index contributed by atoms with van der Waals surface area (Å²) in [5.74, 6) is 0. The van der Waals surface area contributed by atoms with E-state index in [1.54, 1.807) is 6.26 Å². The van der Waals surface area contributed by atoms with Crippen molar-refractivity contribution in [2.24, 2.45) is 0 Å². The van der Waals surface area contributed by atoms with E-state index < -0.39 is 13.7 Å². The van der Waals surface area contributed by atoms with Gasteiger partial charge in [0.15, 0.2) is 0 Å². The summed E-state index contributed by atoms with van der Waals surface area (Å²) >= 11 is 0. The molecule has 0 aliphatic heterocycles. The third kappa shape index (κ3) is 4.84. The third-order valence-electron chi connectivity index (χ3n) is 4.76. The molecule has 2 nitrogen and oxygen atoms in total. The Morgan fingerprint density at radius 1 is 1.17 bits per heavy atom. The van der Waals surface area contributed by atoms with E-state index in [2.05, 4.69) is 46.5 Å². The minimum Gasteiger partial charge on any atom is -0.549 e. The van der Waals surface area contributed by atoms with Crippen molar-refractivity contribution in [3.8, 4) is 6.07 Å². The average Bonchev–Trinajstić information content (AvgIpc) is 2.50. The summed E-state index contributed by atoms with van der Waals surface area (Å²) in [6.07, 6.45) is 6.85. The Morgan fingerprint density at radius 2 is 1.78 bits per heavy atom. The number of rotatable bonds is 7. The zero-order chi connectivity index (χ0) is 17.6. The van der Waals surface area contributed by atoms with Crippen LogP contribution in [-0.4, -0.2) is 8.32 Å². The van der Waals surface area contributed by atoms with E-state index in [0.29, 0.717) is 12.8 Å². The van der Waals surface area contributed by atoms with Gasteiger partial charge in [-0.1, -0.05) is 57.2 Å². The fourth-order valence-electron chi connectivity index (χ4n) is 2.12. The van der Waals surface area contributed by atoms with Crippen LogP contribution in [0.1, 0.15) is 39.2 Å². The SMILES string of the molecule is C=CCC(C#N)(C/C=C\O[Si](C)(C)C(C)(C)C)c1ccccc1. The summed E-state index contributed by atoms with van der Waals surface area (Å²) in [6, 6.07) is 12.4. The standard InChI is InChI=1S/C20H29NOSi/c1-7-14-20(17-21,18-12-9-8-10-13-18)15-11-16-22-23(5,6)19(2,3)4/h7-13,16H,1,14-15H2,2-6H3/b16-11-. The lowest BCUT2D eigenvalue weighted by molar-refractivity contribution is 0.425. The molecule has 23 heavy (non-hydrogen) atoms. The summed E-state index contributed by atoms with van der Waals surface area (Å²) in [5.41, 5.74) is 0.454. The maximum atomic E-state index is 9.79. The zero-order valence-electron chi connectivity index (χ0n) is 15.1. The zero-order valence-corrected chi connectivity index (χ0v) is 16.1. The molecule has 0 aromatic heterocycles. The lowest BCUT2D eigenvalue weighted by Gasteiger charge is -2.35. The topological polar surface area (TPSA) is 33.0 Å². The van der Waals surface area contributed by atoms with Crippen molar-refractivity contribution in [2.75, 3.05) is 0 Å². The molecule has 0 N–H and O–H groups in total. The summed E-state index contributed by atoms with van der Waals surface area (Å²) in [5, 5.41) is 9.96. The molecule has 0 heterocycles. The van der Waals surface area contributed by atoms with Gasteiger partial charge in [0.2, 0.25) is 8.32 Å². The number of benzene rings is 1. The first-order valence-corrected chi connectivity index (χ1v) is 11.0. The highest BCUT2D eigenvalue weighted by atomic mass is 28.4. The first-order valence-electron chi connectivity index (χ1n) is 8.09. The molecule has 1 rings (SSSR count). The Labute approximate surface area is 142 Å². The maximum Gasteiger partial charge on any atom is 0.249 e. The highest BCUT2D eigenvalue weighted by Crippen LogP contribution is 2.37. The second-order valence-corrected chi connectivity index (χ2v) is 12.3. The summed E-state index contributed by atoms with van der Waals surface area (Å²) in [7, 11) is -1.80. The lowest BCUT2D eigenvalue weighted by Crippen LogP contribution is -2.39. The Morgan fingerprint density at radius 3 is 2.26 bits per heavy atom. The van der Waals surface area contributed by atoms with Crippen LogP contribution in [0.15, 0.2) is 55.3 Å². The predicted molar refractivity (Wildman–Crippen MR) is 101 cm³/mol. The molecule has 1 aromatic carbocycles. The summed E-state index contributed by atoms with van der Waals surface area (Å²) in [6.45, 7) is 14.9. The van der Waals surface area contributed by atoms with Gasteiger partial charge in [0.05, 0.1) is 17.7 Å². The van der Waals surface area contributed by atoms with E-state index >= 15 is 0 Å². The van der Waals surface area contributed by atoms with Crippen LogP contribution in [0.2, 0.25) is 18.1 Å². The number of nitrogens with zero attached hydrogens (tertiary/aromatic N) is 1. The number of nitriles is 1. The van der Waals surface area contributed by atoms with Gasteiger partial charge in [0.25, 0.3) is 0 Å². The van der Waals surface area contributed by atoms with Crippen LogP contribution >= 0.6 is 0 Å². The van der Waals surface area contributed by atoms with Crippen molar-refractivity contribution in [1.29, 1.82) is 5.26 Å². The fourth-order valence-corrected chi connectivity index (χ4v) is 2.91. The Bertz CT molecular complexity index is 578. The van der Waals surface area contributed by atoms with Gasteiger partial charge >= 0.3 is 0 Å². The van der Waals surface area contributed by atoms with Crippen molar-refractivity contribution in [3.05, 3.63) is 60.9 Å². The summed E-state index contributed by atoms with van der Waals surface area (Å²) in [4.78, 5) is 0. The molecule has 124 valence electrons. The molecule has 1 aromatic rings. The Balaban J connectivity index is 2.91. The molecule has 0 aliphatic carbocycles. The quantitative estimate of drug-likeness (QED) is 0.352. The van der Waals surface area contributed by atoms with E-state index in [0.717, 1.165) is 5.56 Å². The molecule has 0 amide bonds. The molecule has 0 saturated heterocycles. The van der Waals surface area contributed by atoms with Crippen LogP contribution in [0.5, 0.6) is 0 Å². The molecule has 0 aliphatic rings. The van der Waals surface area contributed by atoms with Crippen LogP contribution in [0.25, 0.3) is 0 Å². The van der Waals surface area contributed by atoms with Crippen molar-refractivity contribution in [2.45, 2.75) is 57.2 Å². The van der Waals surface area contributed by atoms with Crippen LogP contribution in [-0.2, 0) is 9.84 Å². The highest BCUT2D eigenvalue weighted by molar-refractivity contribution is 6.74. The number of hydrogen-bond acceptors (Lipinski definition) is 2. The van der Waals surface area contributed by atoms with Crippen molar-refractivity contribution >= 4 is 8.32 Å². The highest BCUT2D eigenvalue weighted by Gasteiger charge is 2.38. The first kappa shape index (κ1) is 19.3. The molecule has 1 unspecified atom stereocenters. The molecule has 0 saturated carbocycles. The summed E-state index contributed by atoms with van der Waals surface area (Å²) < 4.78 is 6.07. The van der Waals surface area contributed by atoms with Gasteiger partial charge in [-0.3, -0.25) is 0 Å². The second-order valence-electron chi connectivity index (χ2n) is 7.51. The predicted octanol–water partition coefficient (Wildman–Crippen LogP) is 5.95. The van der Waals surface area contributed by atoms with E-state index in [4.69, 9.17) is 4.43 Å². The number of hydrogen-bond donors (Lipinski definition) is 0. The minimum atomic E-state index is -1.80. The molecular formula is C20H29NOSi. The van der Waals surface area contributed by atoms with Gasteiger partial charge in [0, 0.05) is 0 Å².